The molecule has 8 nitrogen and oxygen atoms in total. The predicted octanol–water partition coefficient (Wildman–Crippen LogP) is 2.11. The van der Waals surface area contributed by atoms with Crippen LogP contribution in [0.2, 0.25) is 0 Å². The highest BCUT2D eigenvalue weighted by atomic mass is 32.2. The Labute approximate surface area is 157 Å². The first-order valence-corrected chi connectivity index (χ1v) is 9.71. The summed E-state index contributed by atoms with van der Waals surface area (Å²) in [6, 6.07) is 9.55. The Balaban J connectivity index is 1.94. The number of furan rings is 1. The molecule has 0 spiro atoms. The Bertz CT molecular complexity index is 944. The number of nitrogens with zero attached hydrogens (tertiary/aromatic N) is 1. The molecule has 1 N–H and O–H groups in total. The summed E-state index contributed by atoms with van der Waals surface area (Å²) in [5.74, 6) is 0.0411. The van der Waals surface area contributed by atoms with Crippen LogP contribution in [0.3, 0.4) is 0 Å². The molecule has 0 aliphatic rings. The van der Waals surface area contributed by atoms with Gasteiger partial charge in [0.15, 0.2) is 0 Å². The summed E-state index contributed by atoms with van der Waals surface area (Å²) in [5, 5.41) is 2.65. The number of hydrogen-bond donors (Lipinski definition) is 1. The van der Waals surface area contributed by atoms with Crippen molar-refractivity contribution in [2.75, 3.05) is 25.7 Å². The first-order valence-electron chi connectivity index (χ1n) is 7.86. The third-order valence-corrected chi connectivity index (χ3v) is 4.86. The van der Waals surface area contributed by atoms with Gasteiger partial charge in [-0.05, 0) is 42.5 Å². The Hall–Kier alpha value is -2.91. The fourth-order valence-electron chi connectivity index (χ4n) is 2.06. The van der Waals surface area contributed by atoms with Gasteiger partial charge >= 0.3 is 5.97 Å². The smallest absolute Gasteiger partial charge is 0.337 e. The molecule has 0 aliphatic carbocycles. The van der Waals surface area contributed by atoms with Crippen LogP contribution in [0.4, 0.5) is 5.69 Å². The molecule has 1 heterocycles. The van der Waals surface area contributed by atoms with E-state index in [0.717, 1.165) is 10.6 Å². The topological polar surface area (TPSA) is 106 Å². The zero-order valence-corrected chi connectivity index (χ0v) is 15.9. The van der Waals surface area contributed by atoms with Gasteiger partial charge in [0.25, 0.3) is 0 Å². The van der Waals surface area contributed by atoms with E-state index in [-0.39, 0.29) is 12.5 Å². The third-order valence-electron chi connectivity index (χ3n) is 3.60. The lowest BCUT2D eigenvalue weighted by atomic mass is 10.2. The van der Waals surface area contributed by atoms with Crippen molar-refractivity contribution in [2.45, 2.75) is 6.54 Å². The van der Waals surface area contributed by atoms with Gasteiger partial charge in [-0.1, -0.05) is 0 Å². The molecule has 0 radical (unpaired) electrons. The van der Waals surface area contributed by atoms with Crippen LogP contribution in [0.5, 0.6) is 0 Å². The number of amides is 1. The minimum absolute atomic E-state index is 0.103. The number of carbonyl (C=O) groups excluding carboxylic acids is 2. The molecule has 2 aromatic rings. The Kier molecular flexibility index (Phi) is 6.54. The highest BCUT2D eigenvalue weighted by Gasteiger charge is 2.13. The first-order chi connectivity index (χ1) is 12.7. The van der Waals surface area contributed by atoms with Gasteiger partial charge in [-0.25, -0.2) is 13.2 Å². The monoisotopic (exact) mass is 392 g/mol. The van der Waals surface area contributed by atoms with Crippen LogP contribution in [0, 0.1) is 0 Å². The standard InChI is InChI=1S/C18H20N2O6S/c1-20(27(3,23)24)12-16-9-8-15(26-16)10-11-17(21)19-14-6-4-13(5-7-14)18(22)25-2/h4-11H,12H2,1-3H3,(H,19,21)/b11-10+. The average Bonchev–Trinajstić information content (AvgIpc) is 3.06. The highest BCUT2D eigenvalue weighted by molar-refractivity contribution is 7.88. The van der Waals surface area contributed by atoms with Crippen LogP contribution in [0.1, 0.15) is 21.9 Å². The number of ether oxygens (including phenoxy) is 1. The van der Waals surface area contributed by atoms with Crippen molar-refractivity contribution in [1.29, 1.82) is 0 Å². The largest absolute Gasteiger partial charge is 0.465 e. The van der Waals surface area contributed by atoms with E-state index in [0.29, 0.717) is 22.8 Å². The van der Waals surface area contributed by atoms with E-state index in [4.69, 9.17) is 4.42 Å². The summed E-state index contributed by atoms with van der Waals surface area (Å²) in [4.78, 5) is 23.3. The van der Waals surface area contributed by atoms with Crippen molar-refractivity contribution in [2.24, 2.45) is 0 Å². The minimum atomic E-state index is -3.30. The van der Waals surface area contributed by atoms with Crippen molar-refractivity contribution >= 4 is 33.7 Å². The summed E-state index contributed by atoms with van der Waals surface area (Å²) in [6.45, 7) is 0.103. The Morgan fingerprint density at radius 3 is 2.44 bits per heavy atom. The first kappa shape index (κ1) is 20.4. The van der Waals surface area contributed by atoms with Crippen molar-refractivity contribution in [3.05, 3.63) is 59.6 Å². The zero-order chi connectivity index (χ0) is 20.0. The quantitative estimate of drug-likeness (QED) is 0.571. The van der Waals surface area contributed by atoms with Gasteiger partial charge in [-0.15, -0.1) is 0 Å². The molecule has 0 saturated carbocycles. The Morgan fingerprint density at radius 1 is 1.19 bits per heavy atom. The van der Waals surface area contributed by atoms with Gasteiger partial charge < -0.3 is 14.5 Å². The van der Waals surface area contributed by atoms with Gasteiger partial charge in [0, 0.05) is 18.8 Å². The maximum atomic E-state index is 12.0. The lowest BCUT2D eigenvalue weighted by Gasteiger charge is -2.11. The number of carbonyl (C=O) groups is 2. The number of rotatable bonds is 7. The van der Waals surface area contributed by atoms with Gasteiger partial charge in [-0.2, -0.15) is 4.31 Å². The number of benzene rings is 1. The number of esters is 1. The molecule has 0 saturated heterocycles. The van der Waals surface area contributed by atoms with Crippen molar-refractivity contribution in [1.82, 2.24) is 4.31 Å². The minimum Gasteiger partial charge on any atom is -0.465 e. The van der Waals surface area contributed by atoms with Gasteiger partial charge in [0.2, 0.25) is 15.9 Å². The Morgan fingerprint density at radius 2 is 1.85 bits per heavy atom. The van der Waals surface area contributed by atoms with Gasteiger partial charge in [0.1, 0.15) is 11.5 Å². The normalized spacial score (nSPS) is 11.7. The van der Waals surface area contributed by atoms with Crippen molar-refractivity contribution < 1.29 is 27.2 Å². The van der Waals surface area contributed by atoms with E-state index in [2.05, 4.69) is 10.1 Å². The average molecular weight is 392 g/mol. The summed E-state index contributed by atoms with van der Waals surface area (Å²) >= 11 is 0. The van der Waals surface area contributed by atoms with E-state index in [9.17, 15) is 18.0 Å². The molecule has 144 valence electrons. The number of anilines is 1. The van der Waals surface area contributed by atoms with Gasteiger partial charge in [-0.3, -0.25) is 4.79 Å². The molecule has 0 fully saturated rings. The van der Waals surface area contributed by atoms with E-state index in [1.165, 1.54) is 26.3 Å². The molecule has 0 unspecified atom stereocenters. The molecule has 1 aromatic carbocycles. The molecular formula is C18H20N2O6S. The molecule has 0 atom stereocenters. The third kappa shape index (κ3) is 6.08. The second-order valence-corrected chi connectivity index (χ2v) is 7.80. The molecule has 0 aliphatic heterocycles. The van der Waals surface area contributed by atoms with Crippen LogP contribution in [-0.2, 0) is 26.1 Å². The predicted molar refractivity (Wildman–Crippen MR) is 100 cm³/mol. The molecule has 1 amide bonds. The summed E-state index contributed by atoms with van der Waals surface area (Å²) in [7, 11) is -0.556. The van der Waals surface area contributed by atoms with Crippen LogP contribution < -0.4 is 5.32 Å². The second kappa shape index (κ2) is 8.65. The van der Waals surface area contributed by atoms with E-state index in [1.54, 1.807) is 36.4 Å². The molecule has 0 bridgehead atoms. The molecule has 9 heteroatoms. The maximum absolute atomic E-state index is 12.0. The molecule has 27 heavy (non-hydrogen) atoms. The SMILES string of the molecule is COC(=O)c1ccc(NC(=O)/C=C/c2ccc(CN(C)S(C)(=O)=O)o2)cc1. The van der Waals surface area contributed by atoms with Crippen molar-refractivity contribution in [3.8, 4) is 0 Å². The highest BCUT2D eigenvalue weighted by Crippen LogP contribution is 2.14. The van der Waals surface area contributed by atoms with Gasteiger partial charge in [0.05, 0.1) is 25.5 Å². The molecule has 1 aromatic heterocycles. The maximum Gasteiger partial charge on any atom is 0.337 e. The van der Waals surface area contributed by atoms with Crippen LogP contribution in [0.15, 0.2) is 46.9 Å². The number of methoxy groups -OCH3 is 1. The van der Waals surface area contributed by atoms with E-state index >= 15 is 0 Å². The fourth-order valence-corrected chi connectivity index (χ4v) is 2.42. The van der Waals surface area contributed by atoms with Crippen molar-refractivity contribution in [3.63, 3.8) is 0 Å². The lowest BCUT2D eigenvalue weighted by Crippen LogP contribution is -2.24. The number of nitrogens with one attached hydrogen (secondary N) is 1. The molecule has 2 rings (SSSR count). The lowest BCUT2D eigenvalue weighted by molar-refractivity contribution is -0.111. The van der Waals surface area contributed by atoms with E-state index < -0.39 is 16.0 Å². The number of sulfonamides is 1. The van der Waals surface area contributed by atoms with Crippen LogP contribution in [-0.4, -0.2) is 45.0 Å². The summed E-state index contributed by atoms with van der Waals surface area (Å²) < 4.78 is 34.0. The summed E-state index contributed by atoms with van der Waals surface area (Å²) in [6.07, 6.45) is 3.87. The van der Waals surface area contributed by atoms with E-state index in [1.807, 2.05) is 0 Å². The second-order valence-electron chi connectivity index (χ2n) is 5.71. The zero-order valence-electron chi connectivity index (χ0n) is 15.1. The summed E-state index contributed by atoms with van der Waals surface area (Å²) in [5.41, 5.74) is 0.903. The fraction of sp³-hybridized carbons (Fsp3) is 0.222. The van der Waals surface area contributed by atoms with Crippen LogP contribution in [0.25, 0.3) is 6.08 Å². The van der Waals surface area contributed by atoms with Crippen LogP contribution >= 0.6 is 0 Å². The number of hydrogen-bond acceptors (Lipinski definition) is 6. The molecular weight excluding hydrogens is 372 g/mol.